The molecule has 0 radical (unpaired) electrons. The first kappa shape index (κ1) is 15.6. The monoisotopic (exact) mass is 318 g/mol. The fourth-order valence-electron chi connectivity index (χ4n) is 4.04. The van der Waals surface area contributed by atoms with Crippen molar-refractivity contribution in [1.82, 2.24) is 10.0 Å². The van der Waals surface area contributed by atoms with E-state index in [2.05, 4.69) is 76.8 Å². The largest absolute Gasteiger partial charge is 0.241 e. The van der Waals surface area contributed by atoms with E-state index in [0.717, 1.165) is 25.4 Å². The van der Waals surface area contributed by atoms with Crippen LogP contribution in [0, 0.1) is 0 Å². The molecule has 1 saturated heterocycles. The maximum absolute atomic E-state index is 2.58. The average molecular weight is 318 g/mol. The molecule has 24 heavy (non-hydrogen) atoms. The van der Waals surface area contributed by atoms with E-state index >= 15 is 0 Å². The van der Waals surface area contributed by atoms with Gasteiger partial charge in [-0.1, -0.05) is 66.7 Å². The molecule has 0 amide bonds. The third-order valence-electron chi connectivity index (χ3n) is 5.47. The molecular weight excluding hydrogens is 292 g/mol. The third-order valence-corrected chi connectivity index (χ3v) is 5.47. The molecule has 0 atom stereocenters. The highest BCUT2D eigenvalue weighted by molar-refractivity contribution is 5.66. The summed E-state index contributed by atoms with van der Waals surface area (Å²) in [5.74, 6) is 0.739. The first-order valence-corrected chi connectivity index (χ1v) is 9.19. The fourth-order valence-corrected chi connectivity index (χ4v) is 4.04. The van der Waals surface area contributed by atoms with Crippen LogP contribution in [-0.2, 0) is 0 Å². The molecule has 4 rings (SSSR count). The summed E-state index contributed by atoms with van der Waals surface area (Å²) in [6.07, 6.45) is 6.12. The summed E-state index contributed by atoms with van der Waals surface area (Å²) in [4.78, 5) is 0. The van der Waals surface area contributed by atoms with Crippen molar-refractivity contribution in [1.29, 1.82) is 0 Å². The maximum atomic E-state index is 2.58. The highest BCUT2D eigenvalue weighted by Crippen LogP contribution is 2.30. The Hall–Kier alpha value is -1.90. The molecule has 0 aromatic heterocycles. The van der Waals surface area contributed by atoms with Crippen LogP contribution in [-0.4, -0.2) is 36.2 Å². The van der Waals surface area contributed by atoms with E-state index in [9.17, 15) is 0 Å². The van der Waals surface area contributed by atoms with Crippen molar-refractivity contribution >= 4 is 5.57 Å². The van der Waals surface area contributed by atoms with E-state index in [4.69, 9.17) is 0 Å². The normalized spacial score (nSPS) is 20.8. The first-order valence-electron chi connectivity index (χ1n) is 9.19. The summed E-state index contributed by atoms with van der Waals surface area (Å²) in [5.41, 5.74) is 4.41. The molecular formula is C22H26N2. The quantitative estimate of drug-likeness (QED) is 0.818. The summed E-state index contributed by atoms with van der Waals surface area (Å²) in [7, 11) is 0. The number of hydrogen-bond donors (Lipinski definition) is 0. The van der Waals surface area contributed by atoms with E-state index in [-0.39, 0.29) is 0 Å². The van der Waals surface area contributed by atoms with Gasteiger partial charge < -0.3 is 0 Å². The lowest BCUT2D eigenvalue weighted by atomic mass is 9.90. The van der Waals surface area contributed by atoms with Crippen LogP contribution in [0.1, 0.15) is 36.3 Å². The summed E-state index contributed by atoms with van der Waals surface area (Å²) >= 11 is 0. The van der Waals surface area contributed by atoms with E-state index in [0.29, 0.717) is 0 Å². The predicted molar refractivity (Wildman–Crippen MR) is 101 cm³/mol. The van der Waals surface area contributed by atoms with Crippen LogP contribution in [0.15, 0.2) is 66.7 Å². The number of hydrazine groups is 1. The Morgan fingerprint density at radius 2 is 1.38 bits per heavy atom. The molecule has 124 valence electrons. The number of rotatable bonds is 3. The van der Waals surface area contributed by atoms with Crippen molar-refractivity contribution in [2.45, 2.75) is 25.2 Å². The second-order valence-corrected chi connectivity index (χ2v) is 6.90. The number of benzene rings is 2. The lowest BCUT2D eigenvalue weighted by Crippen LogP contribution is -2.48. The van der Waals surface area contributed by atoms with Gasteiger partial charge in [0.05, 0.1) is 0 Å². The van der Waals surface area contributed by atoms with Gasteiger partial charge in [0.2, 0.25) is 0 Å². The third kappa shape index (κ3) is 3.45. The summed E-state index contributed by atoms with van der Waals surface area (Å²) in [6.45, 7) is 4.58. The maximum Gasteiger partial charge on any atom is 0.0320 e. The Morgan fingerprint density at radius 3 is 2.00 bits per heavy atom. The Kier molecular flexibility index (Phi) is 4.77. The van der Waals surface area contributed by atoms with Crippen LogP contribution < -0.4 is 0 Å². The summed E-state index contributed by atoms with van der Waals surface area (Å²) in [5, 5.41) is 5.13. The molecule has 2 aromatic carbocycles. The van der Waals surface area contributed by atoms with Gasteiger partial charge in [0.25, 0.3) is 0 Å². The van der Waals surface area contributed by atoms with Gasteiger partial charge in [0.1, 0.15) is 0 Å². The molecule has 2 aromatic rings. The van der Waals surface area contributed by atoms with Crippen LogP contribution in [0.2, 0.25) is 0 Å². The topological polar surface area (TPSA) is 6.48 Å². The summed E-state index contributed by atoms with van der Waals surface area (Å²) < 4.78 is 0. The number of nitrogens with zero attached hydrogens (tertiary/aromatic N) is 2. The minimum Gasteiger partial charge on any atom is -0.241 e. The molecule has 2 nitrogen and oxygen atoms in total. The smallest absolute Gasteiger partial charge is 0.0320 e. The molecule has 0 spiro atoms. The molecule has 2 heterocycles. The first-order chi connectivity index (χ1) is 11.9. The van der Waals surface area contributed by atoms with E-state index in [1.807, 2.05) is 0 Å². The second-order valence-electron chi connectivity index (χ2n) is 6.90. The highest BCUT2D eigenvalue weighted by atomic mass is 15.6. The van der Waals surface area contributed by atoms with Crippen LogP contribution in [0.4, 0.5) is 0 Å². The Balaban J connectivity index is 1.33. The van der Waals surface area contributed by atoms with Gasteiger partial charge in [-0.05, 0) is 41.9 Å². The highest BCUT2D eigenvalue weighted by Gasteiger charge is 2.25. The van der Waals surface area contributed by atoms with Gasteiger partial charge >= 0.3 is 0 Å². The van der Waals surface area contributed by atoms with Gasteiger partial charge in [-0.15, -0.1) is 0 Å². The average Bonchev–Trinajstić information content (AvgIpc) is 2.70. The van der Waals surface area contributed by atoms with Crippen molar-refractivity contribution in [2.75, 3.05) is 26.2 Å². The van der Waals surface area contributed by atoms with Gasteiger partial charge in [-0.25, -0.2) is 10.0 Å². The SMILES string of the molecule is C1=C(c2ccccc2)CCN(N2CCC(c3ccccc3)CC2)C1. The van der Waals surface area contributed by atoms with Crippen LogP contribution in [0.3, 0.4) is 0 Å². The molecule has 2 aliphatic rings. The molecule has 0 aliphatic carbocycles. The van der Waals surface area contributed by atoms with Gasteiger partial charge in [0.15, 0.2) is 0 Å². The molecule has 0 saturated carbocycles. The van der Waals surface area contributed by atoms with E-state index in [1.54, 1.807) is 0 Å². The van der Waals surface area contributed by atoms with Crippen molar-refractivity contribution in [3.63, 3.8) is 0 Å². The number of piperidine rings is 1. The zero-order chi connectivity index (χ0) is 16.2. The molecule has 0 N–H and O–H groups in total. The van der Waals surface area contributed by atoms with Crippen molar-refractivity contribution < 1.29 is 0 Å². The van der Waals surface area contributed by atoms with Crippen LogP contribution in [0.25, 0.3) is 5.57 Å². The van der Waals surface area contributed by atoms with Gasteiger partial charge in [0, 0.05) is 26.2 Å². The molecule has 0 bridgehead atoms. The van der Waals surface area contributed by atoms with Gasteiger partial charge in [-0.2, -0.15) is 0 Å². The number of hydrogen-bond acceptors (Lipinski definition) is 2. The van der Waals surface area contributed by atoms with E-state index < -0.39 is 0 Å². The van der Waals surface area contributed by atoms with Crippen LogP contribution >= 0.6 is 0 Å². The lowest BCUT2D eigenvalue weighted by molar-refractivity contribution is -0.0344. The van der Waals surface area contributed by atoms with Crippen molar-refractivity contribution in [3.05, 3.63) is 77.9 Å². The fraction of sp³-hybridized carbons (Fsp3) is 0.364. The standard InChI is InChI=1S/C22H26N2/c1-3-7-19(8-4-1)21-11-15-23(16-12-21)24-17-13-22(14-18-24)20-9-5-2-6-10-20/h1-11,22H,12-18H2. The molecule has 1 fully saturated rings. The Labute approximate surface area is 145 Å². The molecule has 2 aliphatic heterocycles. The molecule has 2 heteroatoms. The minimum absolute atomic E-state index is 0.739. The summed E-state index contributed by atoms with van der Waals surface area (Å²) in [6, 6.07) is 21.9. The zero-order valence-electron chi connectivity index (χ0n) is 14.3. The zero-order valence-corrected chi connectivity index (χ0v) is 14.3. The predicted octanol–water partition coefficient (Wildman–Crippen LogP) is 4.57. The van der Waals surface area contributed by atoms with Gasteiger partial charge in [-0.3, -0.25) is 0 Å². The van der Waals surface area contributed by atoms with Crippen LogP contribution in [0.5, 0.6) is 0 Å². The molecule has 0 unspecified atom stereocenters. The van der Waals surface area contributed by atoms with Crippen molar-refractivity contribution in [3.8, 4) is 0 Å². The van der Waals surface area contributed by atoms with Crippen molar-refractivity contribution in [2.24, 2.45) is 0 Å². The second kappa shape index (κ2) is 7.33. The minimum atomic E-state index is 0.739. The Bertz CT molecular complexity index is 670. The van der Waals surface area contributed by atoms with E-state index in [1.165, 1.54) is 42.6 Å². The lowest BCUT2D eigenvalue weighted by Gasteiger charge is -2.41. The Morgan fingerprint density at radius 1 is 0.708 bits per heavy atom.